The number of nitrogens with one attached hydrogen (secondary N) is 1. The Balaban J connectivity index is 2.08. The van der Waals surface area contributed by atoms with Crippen LogP contribution in [-0.4, -0.2) is 5.91 Å². The minimum absolute atomic E-state index is 0.206. The van der Waals surface area contributed by atoms with Crippen molar-refractivity contribution in [2.45, 2.75) is 19.9 Å². The van der Waals surface area contributed by atoms with E-state index < -0.39 is 0 Å². The van der Waals surface area contributed by atoms with Gasteiger partial charge in [-0.3, -0.25) is 4.79 Å². The molecule has 0 saturated carbocycles. The average molecular weight is 247 g/mol. The SMILES string of the molecule is Cc1ccoc1C(=O)NC(C)c1ccc(F)cc1. The van der Waals surface area contributed by atoms with Crippen LogP contribution in [0.2, 0.25) is 0 Å². The normalized spacial score (nSPS) is 12.2. The molecule has 0 fully saturated rings. The Morgan fingerprint density at radius 3 is 2.50 bits per heavy atom. The molecule has 0 radical (unpaired) electrons. The largest absolute Gasteiger partial charge is 0.459 e. The number of hydrogen-bond acceptors (Lipinski definition) is 2. The Hall–Kier alpha value is -2.10. The highest BCUT2D eigenvalue weighted by Crippen LogP contribution is 2.15. The van der Waals surface area contributed by atoms with Crippen LogP contribution < -0.4 is 5.32 Å². The fourth-order valence-electron chi connectivity index (χ4n) is 1.70. The first-order valence-corrected chi connectivity index (χ1v) is 5.68. The molecule has 18 heavy (non-hydrogen) atoms. The first-order valence-electron chi connectivity index (χ1n) is 5.68. The molecule has 1 heterocycles. The maximum Gasteiger partial charge on any atom is 0.287 e. The number of carbonyl (C=O) groups is 1. The third-order valence-electron chi connectivity index (χ3n) is 2.79. The highest BCUT2D eigenvalue weighted by atomic mass is 19.1. The third kappa shape index (κ3) is 2.59. The van der Waals surface area contributed by atoms with Crippen molar-refractivity contribution in [3.63, 3.8) is 0 Å². The van der Waals surface area contributed by atoms with Crippen LogP contribution in [-0.2, 0) is 0 Å². The zero-order valence-electron chi connectivity index (χ0n) is 10.2. The van der Waals surface area contributed by atoms with Crippen molar-refractivity contribution in [1.82, 2.24) is 5.32 Å². The molecule has 0 saturated heterocycles. The molecule has 0 aliphatic rings. The highest BCUT2D eigenvalue weighted by Gasteiger charge is 2.15. The second-order valence-electron chi connectivity index (χ2n) is 4.18. The van der Waals surface area contributed by atoms with Gasteiger partial charge >= 0.3 is 0 Å². The van der Waals surface area contributed by atoms with Gasteiger partial charge in [0.25, 0.3) is 5.91 Å². The maximum atomic E-state index is 12.8. The number of hydrogen-bond donors (Lipinski definition) is 1. The van der Waals surface area contributed by atoms with E-state index in [4.69, 9.17) is 4.42 Å². The lowest BCUT2D eigenvalue weighted by molar-refractivity contribution is 0.0911. The van der Waals surface area contributed by atoms with Crippen LogP contribution in [0.1, 0.15) is 34.6 Å². The van der Waals surface area contributed by atoms with Gasteiger partial charge in [-0.05, 0) is 37.6 Å². The van der Waals surface area contributed by atoms with Crippen molar-refractivity contribution in [2.24, 2.45) is 0 Å². The van der Waals surface area contributed by atoms with Crippen LogP contribution in [0.4, 0.5) is 4.39 Å². The lowest BCUT2D eigenvalue weighted by Crippen LogP contribution is -2.26. The second kappa shape index (κ2) is 5.04. The summed E-state index contributed by atoms with van der Waals surface area (Å²) in [4.78, 5) is 11.9. The number of aryl methyl sites for hydroxylation is 1. The smallest absolute Gasteiger partial charge is 0.287 e. The third-order valence-corrected chi connectivity index (χ3v) is 2.79. The molecule has 0 aliphatic heterocycles. The molecule has 1 aromatic carbocycles. The van der Waals surface area contributed by atoms with Crippen LogP contribution in [0.5, 0.6) is 0 Å². The lowest BCUT2D eigenvalue weighted by atomic mass is 10.1. The Labute approximate surface area is 105 Å². The molecule has 4 heteroatoms. The molecule has 1 amide bonds. The second-order valence-corrected chi connectivity index (χ2v) is 4.18. The monoisotopic (exact) mass is 247 g/mol. The molecule has 0 aliphatic carbocycles. The summed E-state index contributed by atoms with van der Waals surface area (Å²) < 4.78 is 17.9. The zero-order chi connectivity index (χ0) is 13.1. The Morgan fingerprint density at radius 1 is 1.28 bits per heavy atom. The molecule has 2 rings (SSSR count). The van der Waals surface area contributed by atoms with Gasteiger partial charge in [0.1, 0.15) is 5.82 Å². The van der Waals surface area contributed by atoms with Gasteiger partial charge in [0.2, 0.25) is 0 Å². The van der Waals surface area contributed by atoms with Gasteiger partial charge in [-0.1, -0.05) is 12.1 Å². The molecular formula is C14H14FNO2. The standard InChI is InChI=1S/C14H14FNO2/c1-9-7-8-18-13(9)14(17)16-10(2)11-3-5-12(15)6-4-11/h3-8,10H,1-2H3,(H,16,17). The van der Waals surface area contributed by atoms with Gasteiger partial charge in [0.05, 0.1) is 12.3 Å². The van der Waals surface area contributed by atoms with Gasteiger partial charge < -0.3 is 9.73 Å². The molecule has 0 bridgehead atoms. The quantitative estimate of drug-likeness (QED) is 0.904. The van der Waals surface area contributed by atoms with E-state index in [-0.39, 0.29) is 17.8 Å². The topological polar surface area (TPSA) is 42.2 Å². The van der Waals surface area contributed by atoms with Gasteiger partial charge in [0, 0.05) is 5.56 Å². The van der Waals surface area contributed by atoms with Gasteiger partial charge in [-0.25, -0.2) is 4.39 Å². The van der Waals surface area contributed by atoms with Crippen molar-refractivity contribution < 1.29 is 13.6 Å². The zero-order valence-corrected chi connectivity index (χ0v) is 10.2. The highest BCUT2D eigenvalue weighted by molar-refractivity contribution is 5.93. The van der Waals surface area contributed by atoms with Crippen LogP contribution in [0.3, 0.4) is 0 Å². The molecular weight excluding hydrogens is 233 g/mol. The Bertz CT molecular complexity index is 545. The van der Waals surface area contributed by atoms with Crippen LogP contribution in [0.15, 0.2) is 41.0 Å². The van der Waals surface area contributed by atoms with E-state index in [0.29, 0.717) is 5.76 Å². The molecule has 1 atom stereocenters. The number of rotatable bonds is 3. The van der Waals surface area contributed by atoms with Gasteiger partial charge in [-0.15, -0.1) is 0 Å². The summed E-state index contributed by atoms with van der Waals surface area (Å²) in [6, 6.07) is 7.57. The summed E-state index contributed by atoms with van der Waals surface area (Å²) in [5, 5.41) is 2.80. The number of carbonyl (C=O) groups excluding carboxylic acids is 1. The number of benzene rings is 1. The van der Waals surface area contributed by atoms with E-state index in [0.717, 1.165) is 11.1 Å². The molecule has 2 aromatic rings. The van der Waals surface area contributed by atoms with Crippen molar-refractivity contribution in [2.75, 3.05) is 0 Å². The molecule has 1 aromatic heterocycles. The summed E-state index contributed by atoms with van der Waals surface area (Å²) in [5.41, 5.74) is 1.63. The summed E-state index contributed by atoms with van der Waals surface area (Å²) in [6.07, 6.45) is 1.48. The number of amides is 1. The van der Waals surface area contributed by atoms with Gasteiger partial charge in [-0.2, -0.15) is 0 Å². The number of furan rings is 1. The minimum atomic E-state index is -0.292. The van der Waals surface area contributed by atoms with E-state index in [1.807, 2.05) is 6.92 Å². The van der Waals surface area contributed by atoms with Crippen molar-refractivity contribution in [1.29, 1.82) is 0 Å². The van der Waals surface area contributed by atoms with E-state index in [2.05, 4.69) is 5.32 Å². The summed E-state index contributed by atoms with van der Waals surface area (Å²) in [5.74, 6) is -0.252. The summed E-state index contributed by atoms with van der Waals surface area (Å²) in [7, 11) is 0. The van der Waals surface area contributed by atoms with Crippen molar-refractivity contribution in [3.8, 4) is 0 Å². The summed E-state index contributed by atoms with van der Waals surface area (Å²) in [6.45, 7) is 3.64. The maximum absolute atomic E-state index is 12.8. The minimum Gasteiger partial charge on any atom is -0.459 e. The fraction of sp³-hybridized carbons (Fsp3) is 0.214. The van der Waals surface area contributed by atoms with Crippen molar-refractivity contribution >= 4 is 5.91 Å². The van der Waals surface area contributed by atoms with Crippen LogP contribution >= 0.6 is 0 Å². The first kappa shape index (κ1) is 12.4. The predicted molar refractivity (Wildman–Crippen MR) is 65.7 cm³/mol. The van der Waals surface area contributed by atoms with E-state index in [1.165, 1.54) is 18.4 Å². The molecule has 94 valence electrons. The predicted octanol–water partition coefficient (Wildman–Crippen LogP) is 3.22. The Kier molecular flexibility index (Phi) is 3.46. The van der Waals surface area contributed by atoms with E-state index in [1.54, 1.807) is 25.1 Å². The van der Waals surface area contributed by atoms with Crippen LogP contribution in [0, 0.1) is 12.7 Å². The van der Waals surface area contributed by atoms with Crippen molar-refractivity contribution in [3.05, 3.63) is 59.3 Å². The lowest BCUT2D eigenvalue weighted by Gasteiger charge is -2.13. The number of halogens is 1. The van der Waals surface area contributed by atoms with Gasteiger partial charge in [0.15, 0.2) is 5.76 Å². The first-order chi connectivity index (χ1) is 8.58. The molecule has 3 nitrogen and oxygen atoms in total. The summed E-state index contributed by atoms with van der Waals surface area (Å²) >= 11 is 0. The van der Waals surface area contributed by atoms with E-state index >= 15 is 0 Å². The Morgan fingerprint density at radius 2 is 1.94 bits per heavy atom. The fourth-order valence-corrected chi connectivity index (χ4v) is 1.70. The molecule has 1 N–H and O–H groups in total. The molecule has 0 spiro atoms. The molecule has 1 unspecified atom stereocenters. The van der Waals surface area contributed by atoms with E-state index in [9.17, 15) is 9.18 Å². The average Bonchev–Trinajstić information content (AvgIpc) is 2.76. The van der Waals surface area contributed by atoms with Crippen LogP contribution in [0.25, 0.3) is 0 Å².